The number of aromatic nitrogens is 2. The molecule has 0 spiro atoms. The van der Waals surface area contributed by atoms with Gasteiger partial charge in [-0.15, -0.1) is 11.8 Å². The second-order valence-corrected chi connectivity index (χ2v) is 7.60. The second-order valence-electron chi connectivity index (χ2n) is 6.58. The normalized spacial score (nSPS) is 17.4. The fraction of sp³-hybridized carbons (Fsp3) is 0.474. The second kappa shape index (κ2) is 8.24. The van der Waals surface area contributed by atoms with Crippen LogP contribution in [0.1, 0.15) is 21.7 Å². The molecular formula is C19H26N4O2S. The maximum atomic E-state index is 13.1. The number of hydrogen-bond donors (Lipinski definition) is 0. The highest BCUT2D eigenvalue weighted by atomic mass is 32.2. The molecule has 1 saturated heterocycles. The highest BCUT2D eigenvalue weighted by molar-refractivity contribution is 8.02. The van der Waals surface area contributed by atoms with Crippen LogP contribution in [0.4, 0.5) is 0 Å². The van der Waals surface area contributed by atoms with Gasteiger partial charge in [-0.1, -0.05) is 25.3 Å². The van der Waals surface area contributed by atoms with Crippen molar-refractivity contribution >= 4 is 23.2 Å². The molecule has 0 aliphatic carbocycles. The van der Waals surface area contributed by atoms with Gasteiger partial charge in [0, 0.05) is 41.4 Å². The van der Waals surface area contributed by atoms with E-state index >= 15 is 0 Å². The van der Waals surface area contributed by atoms with Crippen LogP contribution in [-0.4, -0.2) is 72.4 Å². The third-order valence-electron chi connectivity index (χ3n) is 4.59. The van der Waals surface area contributed by atoms with Crippen LogP contribution in [0.15, 0.2) is 30.2 Å². The predicted molar refractivity (Wildman–Crippen MR) is 106 cm³/mol. The molecule has 6 nitrogen and oxygen atoms in total. The lowest BCUT2D eigenvalue weighted by atomic mass is 10.0. The molecule has 1 aromatic rings. The lowest BCUT2D eigenvalue weighted by Crippen LogP contribution is -2.41. The molecule has 3 rings (SSSR count). The van der Waals surface area contributed by atoms with Crippen molar-refractivity contribution in [2.24, 2.45) is 0 Å². The van der Waals surface area contributed by atoms with Gasteiger partial charge in [-0.05, 0) is 14.1 Å². The van der Waals surface area contributed by atoms with Crippen LogP contribution in [0.3, 0.4) is 0 Å². The Balaban J connectivity index is 2.04. The largest absolute Gasteiger partial charge is 0.378 e. The topological polar surface area (TPSA) is 50.6 Å². The first-order valence-electron chi connectivity index (χ1n) is 8.80. The van der Waals surface area contributed by atoms with Crippen LogP contribution < -0.4 is 0 Å². The highest BCUT2D eigenvalue weighted by Gasteiger charge is 2.31. The molecule has 3 heterocycles. The first-order chi connectivity index (χ1) is 12.6. The number of morpholine rings is 1. The lowest BCUT2D eigenvalue weighted by Gasteiger charge is -2.26. The van der Waals surface area contributed by atoms with E-state index in [1.807, 2.05) is 35.8 Å². The zero-order chi connectivity index (χ0) is 18.7. The maximum Gasteiger partial charge on any atom is 0.274 e. The summed E-state index contributed by atoms with van der Waals surface area (Å²) in [5, 5.41) is 4.73. The molecule has 0 bridgehead atoms. The van der Waals surface area contributed by atoms with Gasteiger partial charge in [0.1, 0.15) is 0 Å². The Morgan fingerprint density at radius 1 is 1.31 bits per heavy atom. The summed E-state index contributed by atoms with van der Waals surface area (Å²) in [5.74, 6) is 0.723. The summed E-state index contributed by atoms with van der Waals surface area (Å²) < 4.78 is 7.33. The zero-order valence-electron chi connectivity index (χ0n) is 15.5. The first-order valence-corrected chi connectivity index (χ1v) is 9.79. The Labute approximate surface area is 159 Å². The zero-order valence-corrected chi connectivity index (χ0v) is 16.3. The number of carbonyl (C=O) groups excluding carboxylic acids is 1. The third kappa shape index (κ3) is 3.65. The van der Waals surface area contributed by atoms with Crippen LogP contribution in [-0.2, 0) is 17.0 Å². The molecule has 1 amide bonds. The van der Waals surface area contributed by atoms with Gasteiger partial charge in [-0.2, -0.15) is 5.10 Å². The van der Waals surface area contributed by atoms with Gasteiger partial charge in [-0.3, -0.25) is 9.48 Å². The van der Waals surface area contributed by atoms with E-state index in [1.165, 1.54) is 0 Å². The van der Waals surface area contributed by atoms with E-state index in [1.54, 1.807) is 11.8 Å². The summed E-state index contributed by atoms with van der Waals surface area (Å²) in [6.07, 6.45) is 3.70. The van der Waals surface area contributed by atoms with Crippen molar-refractivity contribution in [3.63, 3.8) is 0 Å². The third-order valence-corrected chi connectivity index (χ3v) is 5.72. The molecule has 7 heteroatoms. The van der Waals surface area contributed by atoms with Gasteiger partial charge < -0.3 is 14.5 Å². The van der Waals surface area contributed by atoms with Crippen molar-refractivity contribution in [1.82, 2.24) is 19.6 Å². The molecule has 2 aliphatic heterocycles. The number of rotatable bonds is 6. The molecule has 0 unspecified atom stereocenters. The van der Waals surface area contributed by atoms with E-state index in [2.05, 4.69) is 18.1 Å². The Hall–Kier alpha value is -1.83. The summed E-state index contributed by atoms with van der Waals surface area (Å²) in [6.45, 7) is 11.9. The van der Waals surface area contributed by atoms with E-state index < -0.39 is 0 Å². The highest BCUT2D eigenvalue weighted by Crippen LogP contribution is 2.40. The Bertz CT molecular complexity index is 745. The van der Waals surface area contributed by atoms with E-state index in [0.29, 0.717) is 32.0 Å². The van der Waals surface area contributed by atoms with Gasteiger partial charge >= 0.3 is 0 Å². The summed E-state index contributed by atoms with van der Waals surface area (Å²) in [6, 6.07) is 0. The Morgan fingerprint density at radius 2 is 2.04 bits per heavy atom. The first kappa shape index (κ1) is 18.9. The van der Waals surface area contributed by atoms with Crippen LogP contribution >= 0.6 is 11.8 Å². The van der Waals surface area contributed by atoms with Crippen LogP contribution in [0, 0.1) is 0 Å². The molecule has 26 heavy (non-hydrogen) atoms. The SMILES string of the molecule is C=CC1=C(C=C)c2c(c(C(=O)N3CCOCC3)nn2CCN(C)C)CS1. The van der Waals surface area contributed by atoms with Gasteiger partial charge in [-0.25, -0.2) is 0 Å². The summed E-state index contributed by atoms with van der Waals surface area (Å²) in [4.78, 5) is 18.1. The quantitative estimate of drug-likeness (QED) is 0.764. The smallest absolute Gasteiger partial charge is 0.274 e. The number of ether oxygens (including phenoxy) is 1. The number of thioether (sulfide) groups is 1. The van der Waals surface area contributed by atoms with Gasteiger partial charge in [0.25, 0.3) is 5.91 Å². The van der Waals surface area contributed by atoms with Crippen molar-refractivity contribution in [2.45, 2.75) is 12.3 Å². The average molecular weight is 375 g/mol. The minimum atomic E-state index is -0.000724. The summed E-state index contributed by atoms with van der Waals surface area (Å²) in [5.41, 5.74) is 3.59. The monoisotopic (exact) mass is 374 g/mol. The Kier molecular flexibility index (Phi) is 6.01. The van der Waals surface area contributed by atoms with Crippen LogP contribution in [0.5, 0.6) is 0 Å². The van der Waals surface area contributed by atoms with E-state index in [9.17, 15) is 4.79 Å². The Morgan fingerprint density at radius 3 is 2.65 bits per heavy atom. The molecule has 1 fully saturated rings. The summed E-state index contributed by atoms with van der Waals surface area (Å²) in [7, 11) is 4.07. The number of amides is 1. The van der Waals surface area contributed by atoms with E-state index in [-0.39, 0.29) is 5.91 Å². The maximum absolute atomic E-state index is 13.1. The minimum absolute atomic E-state index is 0.000724. The van der Waals surface area contributed by atoms with Crippen LogP contribution in [0.25, 0.3) is 5.57 Å². The number of likely N-dealkylation sites (N-methyl/N-ethyl adjacent to an activating group) is 1. The lowest BCUT2D eigenvalue weighted by molar-refractivity contribution is 0.0298. The minimum Gasteiger partial charge on any atom is -0.378 e. The molecule has 140 valence electrons. The molecule has 0 saturated carbocycles. The van der Waals surface area contributed by atoms with Crippen LogP contribution in [0.2, 0.25) is 0 Å². The molecule has 1 aromatic heterocycles. The van der Waals surface area contributed by atoms with Crippen molar-refractivity contribution in [3.8, 4) is 0 Å². The van der Waals surface area contributed by atoms with Gasteiger partial charge in [0.05, 0.1) is 25.5 Å². The van der Waals surface area contributed by atoms with E-state index in [4.69, 9.17) is 9.84 Å². The van der Waals surface area contributed by atoms with Crippen molar-refractivity contribution in [1.29, 1.82) is 0 Å². The molecule has 0 atom stereocenters. The van der Waals surface area contributed by atoms with Crippen molar-refractivity contribution in [3.05, 3.63) is 47.2 Å². The number of hydrogen-bond acceptors (Lipinski definition) is 5. The average Bonchev–Trinajstić information content (AvgIpc) is 3.04. The number of nitrogens with zero attached hydrogens (tertiary/aromatic N) is 4. The molecular weight excluding hydrogens is 348 g/mol. The molecule has 2 aliphatic rings. The number of fused-ring (bicyclic) bond motifs is 1. The van der Waals surface area contributed by atoms with E-state index in [0.717, 1.165) is 40.6 Å². The molecule has 0 N–H and O–H groups in total. The van der Waals surface area contributed by atoms with Crippen molar-refractivity contribution in [2.75, 3.05) is 46.9 Å². The molecule has 0 aromatic carbocycles. The van der Waals surface area contributed by atoms with Crippen molar-refractivity contribution < 1.29 is 9.53 Å². The standard InChI is InChI=1S/C19H26N4O2S/c1-5-14-16(6-2)26-13-15-17(19(24)22-9-11-25-12-10-22)20-23(18(14)15)8-7-21(3)4/h5-6H,1-2,7-13H2,3-4H3. The summed E-state index contributed by atoms with van der Waals surface area (Å²) >= 11 is 1.69. The number of carbonyl (C=O) groups is 1. The predicted octanol–water partition coefficient (Wildman–Crippen LogP) is 2.25. The fourth-order valence-corrected chi connectivity index (χ4v) is 4.22. The molecule has 0 radical (unpaired) electrons. The van der Waals surface area contributed by atoms with Gasteiger partial charge in [0.2, 0.25) is 0 Å². The fourth-order valence-electron chi connectivity index (χ4n) is 3.19. The number of allylic oxidation sites excluding steroid dienone is 3. The van der Waals surface area contributed by atoms with Gasteiger partial charge in [0.15, 0.2) is 5.69 Å².